The first-order chi connectivity index (χ1) is 12.6. The molecule has 3 rings (SSSR count). The number of fused-ring (bicyclic) bond motifs is 1. The van der Waals surface area contributed by atoms with E-state index in [1.807, 2.05) is 12.1 Å². The summed E-state index contributed by atoms with van der Waals surface area (Å²) in [7, 11) is 0. The van der Waals surface area contributed by atoms with E-state index in [4.69, 9.17) is 25.8 Å². The van der Waals surface area contributed by atoms with Gasteiger partial charge in [-0.1, -0.05) is 23.7 Å². The van der Waals surface area contributed by atoms with E-state index in [2.05, 4.69) is 0 Å². The van der Waals surface area contributed by atoms with Crippen LogP contribution in [0.1, 0.15) is 6.42 Å². The van der Waals surface area contributed by atoms with E-state index in [1.54, 1.807) is 41.3 Å². The van der Waals surface area contributed by atoms with Crippen molar-refractivity contribution in [2.24, 2.45) is 0 Å². The van der Waals surface area contributed by atoms with E-state index in [0.29, 0.717) is 22.2 Å². The van der Waals surface area contributed by atoms with E-state index < -0.39 is 0 Å². The Morgan fingerprint density at radius 1 is 1.12 bits per heavy atom. The van der Waals surface area contributed by atoms with Crippen LogP contribution in [0.25, 0.3) is 0 Å². The molecule has 0 N–H and O–H groups in total. The molecule has 7 heteroatoms. The Hall–Kier alpha value is -2.73. The van der Waals surface area contributed by atoms with Crippen LogP contribution in [0.4, 0.5) is 5.69 Å². The number of para-hydroxylation sites is 2. The minimum atomic E-state index is -0.388. The zero-order chi connectivity index (χ0) is 18.4. The largest absolute Gasteiger partial charge is 0.490 e. The molecule has 1 heterocycles. The third-order valence-corrected chi connectivity index (χ3v) is 4.03. The molecule has 136 valence electrons. The van der Waals surface area contributed by atoms with E-state index in [0.717, 1.165) is 0 Å². The fraction of sp³-hybridized carbons (Fsp3) is 0.263. The van der Waals surface area contributed by atoms with Crippen LogP contribution in [0.3, 0.4) is 0 Å². The van der Waals surface area contributed by atoms with Gasteiger partial charge in [0.05, 0.1) is 12.1 Å². The average Bonchev–Trinajstić information content (AvgIpc) is 2.66. The third-order valence-electron chi connectivity index (χ3n) is 3.78. The number of anilines is 1. The average molecular weight is 376 g/mol. The fourth-order valence-electron chi connectivity index (χ4n) is 2.52. The Morgan fingerprint density at radius 2 is 1.88 bits per heavy atom. The highest BCUT2D eigenvalue weighted by Crippen LogP contribution is 2.31. The van der Waals surface area contributed by atoms with Crippen molar-refractivity contribution in [3.8, 4) is 11.5 Å². The second-order valence-electron chi connectivity index (χ2n) is 5.57. The first kappa shape index (κ1) is 18.1. The van der Waals surface area contributed by atoms with Gasteiger partial charge in [0.25, 0.3) is 5.91 Å². The third kappa shape index (κ3) is 4.67. The molecular formula is C19H18ClNO5. The lowest BCUT2D eigenvalue weighted by Crippen LogP contribution is -2.40. The maximum atomic E-state index is 12.0. The summed E-state index contributed by atoms with van der Waals surface area (Å²) < 4.78 is 16.0. The van der Waals surface area contributed by atoms with Crippen molar-refractivity contribution in [3.05, 3.63) is 53.6 Å². The number of rotatable bonds is 7. The second-order valence-corrected chi connectivity index (χ2v) is 6.01. The minimum absolute atomic E-state index is 0.0268. The predicted molar refractivity (Wildman–Crippen MR) is 96.8 cm³/mol. The zero-order valence-electron chi connectivity index (χ0n) is 14.0. The number of ether oxygens (including phenoxy) is 3. The predicted octanol–water partition coefficient (Wildman–Crippen LogP) is 3.08. The van der Waals surface area contributed by atoms with Gasteiger partial charge < -0.3 is 19.1 Å². The maximum Gasteiger partial charge on any atom is 0.307 e. The second kappa shape index (κ2) is 8.58. The van der Waals surface area contributed by atoms with E-state index in [9.17, 15) is 9.59 Å². The van der Waals surface area contributed by atoms with Gasteiger partial charge in [0, 0.05) is 11.6 Å². The fourth-order valence-corrected chi connectivity index (χ4v) is 2.65. The molecule has 26 heavy (non-hydrogen) atoms. The first-order valence-electron chi connectivity index (χ1n) is 8.19. The molecule has 0 bridgehead atoms. The number of carbonyl (C=O) groups is 2. The van der Waals surface area contributed by atoms with Gasteiger partial charge in [0.2, 0.25) is 0 Å². The molecule has 0 atom stereocenters. The molecule has 2 aromatic carbocycles. The Balaban J connectivity index is 1.41. The smallest absolute Gasteiger partial charge is 0.307 e. The van der Waals surface area contributed by atoms with Gasteiger partial charge in [0.1, 0.15) is 24.7 Å². The summed E-state index contributed by atoms with van der Waals surface area (Å²) in [4.78, 5) is 25.5. The molecule has 0 radical (unpaired) electrons. The van der Waals surface area contributed by atoms with Gasteiger partial charge in [-0.05, 0) is 36.4 Å². The molecule has 0 aromatic heterocycles. The molecule has 1 aliphatic heterocycles. The van der Waals surface area contributed by atoms with Gasteiger partial charge in [-0.3, -0.25) is 9.59 Å². The van der Waals surface area contributed by atoms with Crippen LogP contribution in [0.2, 0.25) is 5.02 Å². The lowest BCUT2D eigenvalue weighted by molar-refractivity contribution is -0.144. The normalized spacial score (nSPS) is 13.0. The van der Waals surface area contributed by atoms with Crippen molar-refractivity contribution in [3.63, 3.8) is 0 Å². The molecular weight excluding hydrogens is 358 g/mol. The number of amides is 1. The Labute approximate surface area is 156 Å². The van der Waals surface area contributed by atoms with Crippen molar-refractivity contribution in [2.75, 3.05) is 31.3 Å². The molecule has 1 amide bonds. The van der Waals surface area contributed by atoms with Crippen LogP contribution in [0.15, 0.2) is 48.5 Å². The van der Waals surface area contributed by atoms with Crippen LogP contribution < -0.4 is 14.4 Å². The van der Waals surface area contributed by atoms with Gasteiger partial charge >= 0.3 is 5.97 Å². The van der Waals surface area contributed by atoms with Crippen LogP contribution in [-0.4, -0.2) is 38.2 Å². The topological polar surface area (TPSA) is 65.1 Å². The monoisotopic (exact) mass is 375 g/mol. The number of carbonyl (C=O) groups excluding carboxylic acids is 2. The Bertz CT molecular complexity index is 778. The summed E-state index contributed by atoms with van der Waals surface area (Å²) in [6.45, 7) is 0.596. The van der Waals surface area contributed by atoms with Crippen LogP contribution in [0.5, 0.6) is 11.5 Å². The molecule has 2 aromatic rings. The molecule has 0 saturated carbocycles. The number of hydrogen-bond donors (Lipinski definition) is 0. The summed E-state index contributed by atoms with van der Waals surface area (Å²) in [5.74, 6) is 0.724. The number of hydrogen-bond acceptors (Lipinski definition) is 5. The highest BCUT2D eigenvalue weighted by atomic mass is 35.5. The summed E-state index contributed by atoms with van der Waals surface area (Å²) in [6.07, 6.45) is 0.0982. The van der Waals surface area contributed by atoms with E-state index in [-0.39, 0.29) is 44.7 Å². The van der Waals surface area contributed by atoms with Crippen molar-refractivity contribution in [2.45, 2.75) is 6.42 Å². The quantitative estimate of drug-likeness (QED) is 0.549. The van der Waals surface area contributed by atoms with Gasteiger partial charge in [-0.25, -0.2) is 0 Å². The highest BCUT2D eigenvalue weighted by molar-refractivity contribution is 6.30. The number of esters is 1. The van der Waals surface area contributed by atoms with E-state index >= 15 is 0 Å². The molecule has 0 saturated heterocycles. The van der Waals surface area contributed by atoms with Crippen molar-refractivity contribution in [1.82, 2.24) is 0 Å². The minimum Gasteiger partial charge on any atom is -0.490 e. The number of halogens is 1. The van der Waals surface area contributed by atoms with Crippen LogP contribution in [0, 0.1) is 0 Å². The standard InChI is InChI=1S/C19H18ClNO5/c20-14-5-7-15(8-6-14)24-11-12-25-19(23)9-10-21-16-3-1-2-4-17(16)26-13-18(21)22/h1-8H,9-13H2. The molecule has 6 nitrogen and oxygen atoms in total. The Morgan fingerprint density at radius 3 is 2.69 bits per heavy atom. The summed E-state index contributed by atoms with van der Waals surface area (Å²) in [5.41, 5.74) is 0.669. The zero-order valence-corrected chi connectivity index (χ0v) is 14.8. The van der Waals surface area contributed by atoms with Crippen molar-refractivity contribution >= 4 is 29.2 Å². The summed E-state index contributed by atoms with van der Waals surface area (Å²) in [5, 5.41) is 0.628. The van der Waals surface area contributed by atoms with E-state index in [1.165, 1.54) is 0 Å². The molecule has 0 unspecified atom stereocenters. The van der Waals surface area contributed by atoms with Gasteiger partial charge in [0.15, 0.2) is 6.61 Å². The van der Waals surface area contributed by atoms with Crippen LogP contribution >= 0.6 is 11.6 Å². The molecule has 0 fully saturated rings. The van der Waals surface area contributed by atoms with Crippen LogP contribution in [-0.2, 0) is 14.3 Å². The maximum absolute atomic E-state index is 12.0. The van der Waals surface area contributed by atoms with Gasteiger partial charge in [-0.15, -0.1) is 0 Å². The lowest BCUT2D eigenvalue weighted by Gasteiger charge is -2.28. The SMILES string of the molecule is O=C(CCN1C(=O)COc2ccccc21)OCCOc1ccc(Cl)cc1. The molecule has 0 aliphatic carbocycles. The first-order valence-corrected chi connectivity index (χ1v) is 8.57. The van der Waals surface area contributed by atoms with Crippen molar-refractivity contribution < 1.29 is 23.8 Å². The van der Waals surface area contributed by atoms with Crippen molar-refractivity contribution in [1.29, 1.82) is 0 Å². The summed E-state index contributed by atoms with van der Waals surface area (Å²) >= 11 is 5.79. The number of nitrogens with zero attached hydrogens (tertiary/aromatic N) is 1. The number of benzene rings is 2. The Kier molecular flexibility index (Phi) is 5.96. The lowest BCUT2D eigenvalue weighted by atomic mass is 10.2. The molecule has 0 spiro atoms. The molecule has 1 aliphatic rings. The van der Waals surface area contributed by atoms with Gasteiger partial charge in [-0.2, -0.15) is 0 Å². The highest BCUT2D eigenvalue weighted by Gasteiger charge is 2.25. The summed E-state index contributed by atoms with van der Waals surface area (Å²) in [6, 6.07) is 14.2.